The number of hydrogen-bond donors (Lipinski definition) is 1. The summed E-state index contributed by atoms with van der Waals surface area (Å²) in [6, 6.07) is 9.35. The quantitative estimate of drug-likeness (QED) is 0.554. The number of nitrogens with two attached hydrogens (primary N) is 1. The molecule has 0 atom stereocenters. The van der Waals surface area contributed by atoms with Gasteiger partial charge in [0.15, 0.2) is 11.5 Å². The van der Waals surface area contributed by atoms with Gasteiger partial charge in [-0.25, -0.2) is 14.8 Å². The summed E-state index contributed by atoms with van der Waals surface area (Å²) in [7, 11) is 3.25. The smallest absolute Gasteiger partial charge is 0.335 e. The predicted molar refractivity (Wildman–Crippen MR) is 152 cm³/mol. The van der Waals surface area contributed by atoms with Gasteiger partial charge in [0, 0.05) is 20.8 Å². The number of aryl methyl sites for hydroxylation is 1. The third-order valence-corrected chi connectivity index (χ3v) is 3.52. The summed E-state index contributed by atoms with van der Waals surface area (Å²) in [5, 5.41) is 0. The van der Waals surface area contributed by atoms with Gasteiger partial charge < -0.3 is 10.5 Å². The van der Waals surface area contributed by atoms with Crippen LogP contribution in [0.3, 0.4) is 0 Å². The number of benzene rings is 1. The molecule has 0 spiro atoms. The Balaban J connectivity index is -0.000000552. The van der Waals surface area contributed by atoms with Crippen molar-refractivity contribution in [2.75, 3.05) is 20.0 Å². The van der Waals surface area contributed by atoms with Crippen LogP contribution in [0.4, 0.5) is 5.82 Å². The molecular weight excluding hydrogens is 450 g/mol. The largest absolute Gasteiger partial charge is 0.388 e. The molecule has 2 aromatic heterocycles. The highest BCUT2D eigenvalue weighted by Crippen LogP contribution is 2.19. The van der Waals surface area contributed by atoms with Crippen LogP contribution in [0.15, 0.2) is 41.5 Å². The molecule has 1 aromatic carbocycles. The molecule has 0 unspecified atom stereocenters. The third kappa shape index (κ3) is 10.8. The minimum Gasteiger partial charge on any atom is -0.388 e. The van der Waals surface area contributed by atoms with E-state index >= 15 is 0 Å². The zero-order chi connectivity index (χ0) is 25.8. The lowest BCUT2D eigenvalue weighted by atomic mass is 10.3. The van der Waals surface area contributed by atoms with E-state index in [0.717, 1.165) is 5.69 Å². The first-order valence-electron chi connectivity index (χ1n) is 10.2. The van der Waals surface area contributed by atoms with E-state index in [2.05, 4.69) is 62.1 Å². The first-order valence-corrected chi connectivity index (χ1v) is 10.2. The SMILES string of the molecule is C.C.C#CC#CC#CC#CC#C.CC.CCn1c(=O)n(-c2ccccc2)c2c(N)ncnc21.COC. The number of rotatable bonds is 2. The summed E-state index contributed by atoms with van der Waals surface area (Å²) in [5.41, 5.74) is 7.62. The van der Waals surface area contributed by atoms with Crippen molar-refractivity contribution in [1.29, 1.82) is 0 Å². The lowest BCUT2D eigenvalue weighted by Gasteiger charge is -2.03. The number of hydrogen-bond acceptors (Lipinski definition) is 5. The van der Waals surface area contributed by atoms with Gasteiger partial charge in [-0.1, -0.05) is 46.9 Å². The molecule has 7 heteroatoms. The average molecular weight is 486 g/mol. The van der Waals surface area contributed by atoms with Gasteiger partial charge in [-0.05, 0) is 66.4 Å². The van der Waals surface area contributed by atoms with Crippen molar-refractivity contribution in [3.8, 4) is 65.9 Å². The van der Waals surface area contributed by atoms with E-state index < -0.39 is 0 Å². The second-order valence-corrected chi connectivity index (χ2v) is 5.58. The van der Waals surface area contributed by atoms with Crippen LogP contribution in [0, 0.1) is 60.2 Å². The van der Waals surface area contributed by atoms with E-state index in [1.807, 2.05) is 51.1 Å². The fraction of sp³-hybridized carbons (Fsp3) is 0.276. The van der Waals surface area contributed by atoms with E-state index in [9.17, 15) is 4.79 Å². The van der Waals surface area contributed by atoms with Gasteiger partial charge in [0.1, 0.15) is 11.8 Å². The van der Waals surface area contributed by atoms with E-state index in [1.165, 1.54) is 6.33 Å². The Morgan fingerprint density at radius 2 is 1.39 bits per heavy atom. The summed E-state index contributed by atoms with van der Waals surface area (Å²) < 4.78 is 7.38. The first kappa shape index (κ1) is 35.7. The maximum atomic E-state index is 12.5. The third-order valence-electron chi connectivity index (χ3n) is 3.52. The summed E-state index contributed by atoms with van der Waals surface area (Å²) in [6.07, 6.45) is 11.0. The standard InChI is InChI=1S/C13H13N5O.C10H2.C2H6O.C2H6.2CH4/c1-2-17-12-10(11(14)15-8-16-12)18(13(17)19)9-6-4-3-5-7-9;1-3-5-7-9-10-8-6-4-2;1-3-2;1-2;;/h3-8H,2H2,1H3,(H2,14,15,16);1-2H;1-2H3;1-2H3;2*1H4. The molecule has 0 bridgehead atoms. The van der Waals surface area contributed by atoms with E-state index in [1.54, 1.807) is 23.4 Å². The Labute approximate surface area is 216 Å². The number of imidazole rings is 1. The summed E-state index contributed by atoms with van der Waals surface area (Å²) >= 11 is 0. The number of methoxy groups -OCH3 is 1. The molecule has 0 aliphatic carbocycles. The number of ether oxygens (including phenoxy) is 1. The van der Waals surface area contributed by atoms with Crippen molar-refractivity contribution in [1.82, 2.24) is 19.1 Å². The highest BCUT2D eigenvalue weighted by molar-refractivity contribution is 5.83. The van der Waals surface area contributed by atoms with Crippen molar-refractivity contribution >= 4 is 17.0 Å². The van der Waals surface area contributed by atoms with E-state index in [0.29, 0.717) is 23.5 Å². The van der Waals surface area contributed by atoms with Gasteiger partial charge in [-0.2, -0.15) is 0 Å². The number of nitrogen functional groups attached to an aromatic ring is 1. The van der Waals surface area contributed by atoms with Gasteiger partial charge in [0.2, 0.25) is 0 Å². The van der Waals surface area contributed by atoms with Crippen molar-refractivity contribution in [2.45, 2.75) is 42.2 Å². The topological polar surface area (TPSA) is 88.0 Å². The Kier molecular flexibility index (Phi) is 21.8. The van der Waals surface area contributed by atoms with E-state index in [4.69, 9.17) is 18.6 Å². The molecule has 3 rings (SSSR count). The first-order chi connectivity index (χ1) is 16.6. The van der Waals surface area contributed by atoms with Gasteiger partial charge in [0.05, 0.1) is 5.69 Å². The van der Waals surface area contributed by atoms with Crippen LogP contribution in [-0.4, -0.2) is 33.3 Å². The number of aromatic nitrogens is 4. The molecule has 7 nitrogen and oxygen atoms in total. The molecule has 2 heterocycles. The minimum absolute atomic E-state index is 0. The summed E-state index contributed by atoms with van der Waals surface area (Å²) in [5.74, 6) is 18.7. The van der Waals surface area contributed by atoms with Crippen molar-refractivity contribution in [3.05, 3.63) is 47.1 Å². The number of fused-ring (bicyclic) bond motifs is 1. The number of terminal acetylenes is 2. The zero-order valence-electron chi connectivity index (χ0n) is 20.0. The summed E-state index contributed by atoms with van der Waals surface area (Å²) in [6.45, 7) is 6.43. The van der Waals surface area contributed by atoms with Crippen LogP contribution >= 0.6 is 0 Å². The van der Waals surface area contributed by atoms with Crippen LogP contribution in [-0.2, 0) is 11.3 Å². The van der Waals surface area contributed by atoms with Crippen molar-refractivity contribution in [2.24, 2.45) is 0 Å². The Morgan fingerprint density at radius 1 is 0.917 bits per heavy atom. The molecule has 36 heavy (non-hydrogen) atoms. The molecule has 0 aliphatic heterocycles. The molecule has 0 radical (unpaired) electrons. The van der Waals surface area contributed by atoms with Crippen LogP contribution in [0.1, 0.15) is 35.6 Å². The second-order valence-electron chi connectivity index (χ2n) is 5.58. The molecule has 0 fully saturated rings. The molecule has 2 N–H and O–H groups in total. The highest BCUT2D eigenvalue weighted by atomic mass is 16.4. The predicted octanol–water partition coefficient (Wildman–Crippen LogP) is 4.01. The molecule has 0 saturated carbocycles. The Morgan fingerprint density at radius 3 is 1.83 bits per heavy atom. The monoisotopic (exact) mass is 485 g/mol. The number of nitrogens with zero attached hydrogens (tertiary/aromatic N) is 4. The van der Waals surface area contributed by atoms with E-state index in [-0.39, 0.29) is 20.5 Å². The highest BCUT2D eigenvalue weighted by Gasteiger charge is 2.17. The Hall–Kier alpha value is -4.87. The molecular formula is C29H35N5O2. The van der Waals surface area contributed by atoms with Gasteiger partial charge in [0.25, 0.3) is 0 Å². The van der Waals surface area contributed by atoms with Crippen LogP contribution in [0.25, 0.3) is 16.9 Å². The second kappa shape index (κ2) is 21.9. The molecule has 0 amide bonds. The molecule has 188 valence electrons. The normalized spacial score (nSPS) is 7.42. The van der Waals surface area contributed by atoms with Crippen molar-refractivity contribution < 1.29 is 4.74 Å². The van der Waals surface area contributed by atoms with Gasteiger partial charge in [-0.15, -0.1) is 12.8 Å². The molecule has 0 saturated heterocycles. The Bertz CT molecular complexity index is 1330. The fourth-order valence-electron chi connectivity index (χ4n) is 2.40. The van der Waals surface area contributed by atoms with Crippen LogP contribution < -0.4 is 11.4 Å². The lowest BCUT2D eigenvalue weighted by Crippen LogP contribution is -2.22. The lowest BCUT2D eigenvalue weighted by molar-refractivity contribution is 0.277. The van der Waals surface area contributed by atoms with Gasteiger partial charge in [-0.3, -0.25) is 9.13 Å². The maximum Gasteiger partial charge on any atom is 0.335 e. The maximum absolute atomic E-state index is 12.5. The average Bonchev–Trinajstić information content (AvgIpc) is 3.16. The van der Waals surface area contributed by atoms with Crippen LogP contribution in [0.2, 0.25) is 0 Å². The van der Waals surface area contributed by atoms with Gasteiger partial charge >= 0.3 is 5.69 Å². The zero-order valence-corrected chi connectivity index (χ0v) is 20.0. The molecule has 3 aromatic rings. The number of anilines is 1. The van der Waals surface area contributed by atoms with Crippen LogP contribution in [0.5, 0.6) is 0 Å². The molecule has 0 aliphatic rings. The summed E-state index contributed by atoms with van der Waals surface area (Å²) in [4.78, 5) is 20.6. The number of para-hydroxylation sites is 1. The minimum atomic E-state index is -0.157. The fourth-order valence-corrected chi connectivity index (χ4v) is 2.40. The van der Waals surface area contributed by atoms with Crippen molar-refractivity contribution in [3.63, 3.8) is 0 Å².